The second kappa shape index (κ2) is 7.39. The molecule has 1 unspecified atom stereocenters. The average molecular weight is 244 g/mol. The number of carbonyl (C=O) groups excluding carboxylic acids is 1. The van der Waals surface area contributed by atoms with Gasteiger partial charge in [-0.15, -0.1) is 0 Å². The van der Waals surface area contributed by atoms with Gasteiger partial charge in [0.1, 0.15) is 6.17 Å². The van der Waals surface area contributed by atoms with Crippen molar-refractivity contribution >= 4 is 16.9 Å². The summed E-state index contributed by atoms with van der Waals surface area (Å²) >= 11 is 1.08. The van der Waals surface area contributed by atoms with E-state index in [9.17, 15) is 13.6 Å². The highest BCUT2D eigenvalue weighted by atomic mass is 32.2. The third-order valence-electron chi connectivity index (χ3n) is 2.10. The summed E-state index contributed by atoms with van der Waals surface area (Å²) in [5, 5.41) is -0.0620. The molecule has 0 radical (unpaired) electrons. The molecular weight excluding hydrogens is 230 g/mol. The second-order valence-electron chi connectivity index (χ2n) is 3.37. The van der Waals surface area contributed by atoms with Crippen molar-refractivity contribution in [2.45, 2.75) is 19.0 Å². The van der Waals surface area contributed by atoms with Crippen LogP contribution in [0.25, 0.3) is 0 Å². The first-order valence-electron chi connectivity index (χ1n) is 5.16. The minimum Gasteiger partial charge on any atom is -0.282 e. The van der Waals surface area contributed by atoms with E-state index in [-0.39, 0.29) is 18.0 Å². The molecule has 1 aromatic rings. The number of halogens is 2. The third-order valence-corrected chi connectivity index (χ3v) is 3.03. The Labute approximate surface area is 98.2 Å². The Balaban J connectivity index is 2.26. The van der Waals surface area contributed by atoms with E-state index in [0.717, 1.165) is 11.8 Å². The van der Waals surface area contributed by atoms with E-state index >= 15 is 0 Å². The number of hydrogen-bond donors (Lipinski definition) is 0. The zero-order chi connectivity index (χ0) is 11.8. The van der Waals surface area contributed by atoms with Crippen LogP contribution in [-0.4, -0.2) is 23.7 Å². The van der Waals surface area contributed by atoms with Crippen LogP contribution in [0.1, 0.15) is 23.2 Å². The van der Waals surface area contributed by atoms with Crippen LogP contribution < -0.4 is 0 Å². The molecule has 0 aromatic heterocycles. The van der Waals surface area contributed by atoms with Crippen molar-refractivity contribution in [2.24, 2.45) is 0 Å². The Kier molecular flexibility index (Phi) is 6.08. The third kappa shape index (κ3) is 4.75. The molecule has 0 spiro atoms. The maximum atomic E-state index is 12.9. The van der Waals surface area contributed by atoms with Crippen LogP contribution in [0.3, 0.4) is 0 Å². The molecule has 1 aromatic carbocycles. The van der Waals surface area contributed by atoms with Gasteiger partial charge in [0.05, 0.1) is 6.67 Å². The molecule has 0 aliphatic rings. The molecule has 16 heavy (non-hydrogen) atoms. The Hall–Kier alpha value is -0.900. The number of thioether (sulfide) groups is 1. The van der Waals surface area contributed by atoms with Gasteiger partial charge in [-0.25, -0.2) is 4.39 Å². The highest BCUT2D eigenvalue weighted by Crippen LogP contribution is 2.15. The van der Waals surface area contributed by atoms with Gasteiger partial charge < -0.3 is 0 Å². The summed E-state index contributed by atoms with van der Waals surface area (Å²) in [6.07, 6.45) is -0.978. The first-order valence-corrected chi connectivity index (χ1v) is 6.15. The molecule has 1 rings (SSSR count). The van der Waals surface area contributed by atoms with Gasteiger partial charge >= 0.3 is 0 Å². The molecule has 0 saturated heterocycles. The van der Waals surface area contributed by atoms with Crippen LogP contribution in [0, 0.1) is 0 Å². The van der Waals surface area contributed by atoms with Gasteiger partial charge in [0.2, 0.25) is 5.12 Å². The quantitative estimate of drug-likeness (QED) is 0.759. The molecule has 0 fully saturated rings. The first kappa shape index (κ1) is 13.2. The van der Waals surface area contributed by atoms with Crippen molar-refractivity contribution in [1.29, 1.82) is 0 Å². The van der Waals surface area contributed by atoms with Gasteiger partial charge in [-0.1, -0.05) is 42.1 Å². The molecule has 0 aliphatic heterocycles. The average Bonchev–Trinajstić information content (AvgIpc) is 2.30. The molecule has 0 aliphatic carbocycles. The van der Waals surface area contributed by atoms with Gasteiger partial charge in [0.25, 0.3) is 0 Å². The molecule has 88 valence electrons. The van der Waals surface area contributed by atoms with Crippen LogP contribution in [-0.2, 0) is 0 Å². The van der Waals surface area contributed by atoms with Gasteiger partial charge in [0.15, 0.2) is 0 Å². The highest BCUT2D eigenvalue weighted by Gasteiger charge is 2.09. The Morgan fingerprint density at radius 3 is 2.56 bits per heavy atom. The lowest BCUT2D eigenvalue weighted by Gasteiger charge is -2.04. The maximum absolute atomic E-state index is 12.9. The second-order valence-corrected chi connectivity index (χ2v) is 4.43. The predicted octanol–water partition coefficient (Wildman–Crippen LogP) is 3.65. The summed E-state index contributed by atoms with van der Waals surface area (Å²) in [7, 11) is 0. The summed E-state index contributed by atoms with van der Waals surface area (Å²) < 4.78 is 24.7. The van der Waals surface area contributed by atoms with E-state index in [1.807, 2.05) is 6.07 Å². The minimum absolute atomic E-state index is 0.0620. The lowest BCUT2D eigenvalue weighted by atomic mass is 10.2. The first-order chi connectivity index (χ1) is 7.74. The van der Waals surface area contributed by atoms with E-state index in [4.69, 9.17) is 0 Å². The Morgan fingerprint density at radius 2 is 1.94 bits per heavy atom. The number of hydrogen-bond acceptors (Lipinski definition) is 2. The summed E-state index contributed by atoms with van der Waals surface area (Å²) in [5.41, 5.74) is 0.619. The van der Waals surface area contributed by atoms with E-state index in [1.165, 1.54) is 0 Å². The lowest BCUT2D eigenvalue weighted by Crippen LogP contribution is -2.04. The molecule has 0 N–H and O–H groups in total. The molecule has 0 bridgehead atoms. The predicted molar refractivity (Wildman–Crippen MR) is 63.3 cm³/mol. The number of alkyl halides is 2. The number of benzene rings is 1. The van der Waals surface area contributed by atoms with Crippen LogP contribution in [0.15, 0.2) is 30.3 Å². The fourth-order valence-corrected chi connectivity index (χ4v) is 2.06. The van der Waals surface area contributed by atoms with Crippen molar-refractivity contribution in [3.8, 4) is 0 Å². The van der Waals surface area contributed by atoms with E-state index < -0.39 is 12.8 Å². The molecule has 1 atom stereocenters. The lowest BCUT2D eigenvalue weighted by molar-refractivity contribution is 0.108. The van der Waals surface area contributed by atoms with E-state index in [1.54, 1.807) is 24.3 Å². The van der Waals surface area contributed by atoms with Crippen LogP contribution in [0.5, 0.6) is 0 Å². The maximum Gasteiger partial charge on any atom is 0.219 e. The van der Waals surface area contributed by atoms with Crippen molar-refractivity contribution in [2.75, 3.05) is 12.4 Å². The summed E-state index contributed by atoms with van der Waals surface area (Å²) in [4.78, 5) is 11.6. The van der Waals surface area contributed by atoms with Gasteiger partial charge in [-0.2, -0.15) is 0 Å². The van der Waals surface area contributed by atoms with Crippen molar-refractivity contribution < 1.29 is 13.6 Å². The highest BCUT2D eigenvalue weighted by molar-refractivity contribution is 8.14. The van der Waals surface area contributed by atoms with Gasteiger partial charge in [0, 0.05) is 17.7 Å². The fourth-order valence-electron chi connectivity index (χ4n) is 1.20. The fraction of sp³-hybridized carbons (Fsp3) is 0.417. The number of rotatable bonds is 6. The summed E-state index contributed by atoms with van der Waals surface area (Å²) in [6, 6.07) is 8.86. The van der Waals surface area contributed by atoms with Crippen molar-refractivity contribution in [3.63, 3.8) is 0 Å². The SMILES string of the molecule is O=C(SCCC(F)CCF)c1ccccc1. The van der Waals surface area contributed by atoms with Gasteiger partial charge in [-0.05, 0) is 6.42 Å². The van der Waals surface area contributed by atoms with E-state index in [2.05, 4.69) is 0 Å². The molecule has 4 heteroatoms. The zero-order valence-corrected chi connectivity index (χ0v) is 9.68. The Bertz CT molecular complexity index is 316. The van der Waals surface area contributed by atoms with Crippen LogP contribution in [0.4, 0.5) is 8.78 Å². The monoisotopic (exact) mass is 244 g/mol. The normalized spacial score (nSPS) is 12.4. The van der Waals surface area contributed by atoms with E-state index in [0.29, 0.717) is 11.3 Å². The molecule has 0 saturated carbocycles. The minimum atomic E-state index is -1.14. The Morgan fingerprint density at radius 1 is 1.25 bits per heavy atom. The largest absolute Gasteiger partial charge is 0.282 e. The topological polar surface area (TPSA) is 17.1 Å². The molecule has 1 nitrogen and oxygen atoms in total. The van der Waals surface area contributed by atoms with Gasteiger partial charge in [-0.3, -0.25) is 9.18 Å². The van der Waals surface area contributed by atoms with Crippen LogP contribution in [0.2, 0.25) is 0 Å². The van der Waals surface area contributed by atoms with Crippen molar-refractivity contribution in [3.05, 3.63) is 35.9 Å². The molecule has 0 amide bonds. The summed E-state index contributed by atoms with van der Waals surface area (Å²) in [6.45, 7) is -0.640. The van der Waals surface area contributed by atoms with Crippen molar-refractivity contribution in [1.82, 2.24) is 0 Å². The molecular formula is C12H14F2OS. The summed E-state index contributed by atoms with van der Waals surface area (Å²) in [5.74, 6) is 0.398. The molecule has 0 heterocycles. The zero-order valence-electron chi connectivity index (χ0n) is 8.86. The standard InChI is InChI=1S/C12H14F2OS/c13-8-6-11(14)7-9-16-12(15)10-4-2-1-3-5-10/h1-5,11H,6-9H2. The smallest absolute Gasteiger partial charge is 0.219 e. The van der Waals surface area contributed by atoms with Crippen LogP contribution >= 0.6 is 11.8 Å². The number of carbonyl (C=O) groups is 1.